The maximum absolute atomic E-state index is 12.7. The Labute approximate surface area is 221 Å². The van der Waals surface area contributed by atoms with Gasteiger partial charge in [0.25, 0.3) is 5.91 Å². The first-order chi connectivity index (χ1) is 16.1. The van der Waals surface area contributed by atoms with Gasteiger partial charge < -0.3 is 20.3 Å². The summed E-state index contributed by atoms with van der Waals surface area (Å²) in [6, 6.07) is 13.4. The summed E-state index contributed by atoms with van der Waals surface area (Å²) in [7, 11) is 2.15. The second-order valence-corrected chi connectivity index (χ2v) is 9.53. The topological polar surface area (TPSA) is 84.5 Å². The molecule has 0 bridgehead atoms. The molecule has 0 atom stereocenters. The summed E-state index contributed by atoms with van der Waals surface area (Å²) in [5, 5.41) is 16.3. The summed E-state index contributed by atoms with van der Waals surface area (Å²) in [5.41, 5.74) is 3.75. The Morgan fingerprint density at radius 3 is 2.63 bits per heavy atom. The van der Waals surface area contributed by atoms with Crippen molar-refractivity contribution in [3.05, 3.63) is 70.0 Å². The molecule has 3 aromatic heterocycles. The molecule has 0 unspecified atom stereocenters. The molecule has 7 nitrogen and oxygen atoms in total. The molecule has 0 aliphatic carbocycles. The largest absolute Gasteiger partial charge is 0.494 e. The van der Waals surface area contributed by atoms with Crippen LogP contribution in [0.2, 0.25) is 0 Å². The molecular weight excluding hydrogens is 505 g/mol. The first kappa shape index (κ1) is 27.0. The number of rotatable bonds is 6. The van der Waals surface area contributed by atoms with E-state index in [1.54, 1.807) is 17.4 Å². The van der Waals surface area contributed by atoms with E-state index in [0.29, 0.717) is 23.4 Å². The van der Waals surface area contributed by atoms with E-state index in [0.717, 1.165) is 54.1 Å². The van der Waals surface area contributed by atoms with Crippen molar-refractivity contribution in [1.29, 1.82) is 0 Å². The van der Waals surface area contributed by atoms with E-state index in [-0.39, 0.29) is 36.6 Å². The monoisotopic (exact) mass is 533 g/mol. The van der Waals surface area contributed by atoms with Gasteiger partial charge in [0.15, 0.2) is 5.88 Å². The number of halogens is 2. The highest BCUT2D eigenvalue weighted by Gasteiger charge is 2.18. The number of aromatic nitrogens is 2. The van der Waals surface area contributed by atoms with Crippen molar-refractivity contribution in [3.8, 4) is 17.1 Å². The molecule has 1 saturated heterocycles. The fourth-order valence-electron chi connectivity index (χ4n) is 4.19. The van der Waals surface area contributed by atoms with Crippen LogP contribution in [0.1, 0.15) is 20.8 Å². The second kappa shape index (κ2) is 11.9. The number of H-pyrrole nitrogens is 1. The van der Waals surface area contributed by atoms with Gasteiger partial charge in [0.05, 0.1) is 17.8 Å². The van der Waals surface area contributed by atoms with Crippen LogP contribution >= 0.6 is 36.2 Å². The quantitative estimate of drug-likeness (QED) is 0.339. The first-order valence-electron chi connectivity index (χ1n) is 11.1. The van der Waals surface area contributed by atoms with Crippen LogP contribution in [0.3, 0.4) is 0 Å². The Balaban J connectivity index is 0.00000171. The van der Waals surface area contributed by atoms with E-state index in [2.05, 4.69) is 38.2 Å². The summed E-state index contributed by atoms with van der Waals surface area (Å²) >= 11 is 1.61. The average molecular weight is 535 g/mol. The summed E-state index contributed by atoms with van der Waals surface area (Å²) in [6.07, 6.45) is 1.88. The van der Waals surface area contributed by atoms with Crippen LogP contribution in [0.15, 0.2) is 54.0 Å². The van der Waals surface area contributed by atoms with Gasteiger partial charge in [0, 0.05) is 60.3 Å². The number of benzene rings is 1. The van der Waals surface area contributed by atoms with E-state index < -0.39 is 0 Å². The smallest absolute Gasteiger partial charge is 0.251 e. The summed E-state index contributed by atoms with van der Waals surface area (Å²) < 4.78 is 0. The number of aromatic hydroxyl groups is 1. The van der Waals surface area contributed by atoms with Crippen LogP contribution in [-0.4, -0.2) is 64.0 Å². The van der Waals surface area contributed by atoms with Gasteiger partial charge in [-0.25, -0.2) is 0 Å². The van der Waals surface area contributed by atoms with Crippen molar-refractivity contribution in [1.82, 2.24) is 25.1 Å². The molecule has 10 heteroatoms. The fourth-order valence-corrected chi connectivity index (χ4v) is 4.84. The van der Waals surface area contributed by atoms with Gasteiger partial charge in [-0.3, -0.25) is 14.7 Å². The molecular formula is C25H29Cl2N5O2S. The van der Waals surface area contributed by atoms with E-state index in [4.69, 9.17) is 0 Å². The zero-order valence-electron chi connectivity index (χ0n) is 19.4. The van der Waals surface area contributed by atoms with Gasteiger partial charge >= 0.3 is 0 Å². The summed E-state index contributed by atoms with van der Waals surface area (Å²) in [6.45, 7) is 5.64. The van der Waals surface area contributed by atoms with Crippen LogP contribution in [0.5, 0.6) is 5.88 Å². The van der Waals surface area contributed by atoms with Crippen molar-refractivity contribution in [2.75, 3.05) is 33.2 Å². The number of hydrogen-bond acceptors (Lipinski definition) is 6. The third kappa shape index (κ3) is 6.15. The second-order valence-electron chi connectivity index (χ2n) is 8.50. The average Bonchev–Trinajstić information content (AvgIpc) is 3.46. The van der Waals surface area contributed by atoms with Crippen molar-refractivity contribution >= 4 is 53.0 Å². The number of amides is 1. The molecule has 1 aromatic carbocycles. The Hall–Kier alpha value is -2.62. The molecule has 3 N–H and O–H groups in total. The third-order valence-electron chi connectivity index (χ3n) is 6.13. The Bertz CT molecular complexity index is 1250. The third-order valence-corrected chi connectivity index (χ3v) is 7.00. The number of pyridine rings is 1. The molecule has 1 fully saturated rings. The minimum Gasteiger partial charge on any atom is -0.494 e. The van der Waals surface area contributed by atoms with Gasteiger partial charge in [0.2, 0.25) is 0 Å². The lowest BCUT2D eigenvalue weighted by atomic mass is 10.1. The highest BCUT2D eigenvalue weighted by molar-refractivity contribution is 7.09. The Kier molecular flexibility index (Phi) is 9.15. The van der Waals surface area contributed by atoms with Crippen molar-refractivity contribution < 1.29 is 9.90 Å². The summed E-state index contributed by atoms with van der Waals surface area (Å²) in [4.78, 5) is 26.2. The number of fused-ring (bicyclic) bond motifs is 1. The van der Waals surface area contributed by atoms with Crippen LogP contribution in [0.4, 0.5) is 0 Å². The first-order valence-corrected chi connectivity index (χ1v) is 12.0. The number of nitrogens with zero attached hydrogens (tertiary/aromatic N) is 3. The number of carbonyl (C=O) groups is 1. The molecule has 0 radical (unpaired) electrons. The van der Waals surface area contributed by atoms with Crippen LogP contribution in [0.25, 0.3) is 22.2 Å². The number of nitrogens with one attached hydrogen (secondary N) is 2. The van der Waals surface area contributed by atoms with Gasteiger partial charge in [-0.2, -0.15) is 0 Å². The zero-order chi connectivity index (χ0) is 22.8. The molecule has 186 valence electrons. The maximum Gasteiger partial charge on any atom is 0.251 e. The molecule has 35 heavy (non-hydrogen) atoms. The van der Waals surface area contributed by atoms with E-state index in [1.807, 2.05) is 41.9 Å². The normalized spacial score (nSPS) is 14.3. The predicted molar refractivity (Wildman–Crippen MR) is 146 cm³/mol. The molecule has 1 aliphatic rings. The van der Waals surface area contributed by atoms with Gasteiger partial charge in [-0.05, 0) is 48.3 Å². The molecule has 5 rings (SSSR count). The summed E-state index contributed by atoms with van der Waals surface area (Å²) in [5.74, 6) is -0.0899. The molecule has 4 aromatic rings. The lowest BCUT2D eigenvalue weighted by Crippen LogP contribution is -2.43. The predicted octanol–water partition coefficient (Wildman–Crippen LogP) is 4.52. The van der Waals surface area contributed by atoms with Gasteiger partial charge in [-0.15, -0.1) is 36.2 Å². The molecule has 0 spiro atoms. The Morgan fingerprint density at radius 2 is 1.94 bits per heavy atom. The number of thiophene rings is 1. The minimum atomic E-state index is -0.146. The number of hydrogen-bond donors (Lipinski definition) is 3. The SMILES string of the molecule is CN1CCN(Cc2ccc(-c3c(O)[nH]c4ccc(C(=O)NCc5cccs5)cc34)nc2)CC1.Cl.Cl. The number of aromatic amines is 1. The molecule has 1 amide bonds. The molecule has 0 saturated carbocycles. The van der Waals surface area contributed by atoms with Crippen LogP contribution in [0, 0.1) is 0 Å². The van der Waals surface area contributed by atoms with E-state index in [1.165, 1.54) is 0 Å². The van der Waals surface area contributed by atoms with Crippen LogP contribution < -0.4 is 5.32 Å². The molecule has 4 heterocycles. The van der Waals surface area contributed by atoms with Gasteiger partial charge in [0.1, 0.15) is 0 Å². The lowest BCUT2D eigenvalue weighted by Gasteiger charge is -2.32. The van der Waals surface area contributed by atoms with E-state index in [9.17, 15) is 9.90 Å². The highest BCUT2D eigenvalue weighted by Crippen LogP contribution is 2.36. The number of carbonyl (C=O) groups excluding carboxylic acids is 1. The fraction of sp³-hybridized carbons (Fsp3) is 0.280. The maximum atomic E-state index is 12.7. The van der Waals surface area contributed by atoms with Crippen molar-refractivity contribution in [3.63, 3.8) is 0 Å². The minimum absolute atomic E-state index is 0. The standard InChI is InChI=1S/C25H27N5O2S.2ClH/c1-29-8-10-30(11-9-29)16-17-4-6-22(26-14-17)23-20-13-18(5-7-21(20)28-25(23)32)24(31)27-15-19-3-2-12-33-19;;/h2-7,12-14,28,32H,8-11,15-16H2,1H3,(H,27,31);2*1H. The number of likely N-dealkylation sites (N-methyl/N-ethyl adjacent to an activating group) is 1. The van der Waals surface area contributed by atoms with E-state index >= 15 is 0 Å². The molecule has 1 aliphatic heterocycles. The van der Waals surface area contributed by atoms with Gasteiger partial charge in [-0.1, -0.05) is 12.1 Å². The zero-order valence-corrected chi connectivity index (χ0v) is 21.8. The van der Waals surface area contributed by atoms with Crippen molar-refractivity contribution in [2.45, 2.75) is 13.1 Å². The highest BCUT2D eigenvalue weighted by atomic mass is 35.5. The lowest BCUT2D eigenvalue weighted by molar-refractivity contribution is 0.0951. The van der Waals surface area contributed by atoms with Crippen LogP contribution in [-0.2, 0) is 13.1 Å². The van der Waals surface area contributed by atoms with Crippen molar-refractivity contribution in [2.24, 2.45) is 0 Å². The number of piperazine rings is 1. The Morgan fingerprint density at radius 1 is 1.14 bits per heavy atom.